The van der Waals surface area contributed by atoms with Gasteiger partial charge in [0.05, 0.1) is 0 Å². The van der Waals surface area contributed by atoms with Crippen molar-refractivity contribution in [3.63, 3.8) is 0 Å². The molecule has 4 atom stereocenters. The predicted octanol–water partition coefficient (Wildman–Crippen LogP) is 0.757. The van der Waals surface area contributed by atoms with Crippen molar-refractivity contribution >= 4 is 5.91 Å². The Labute approximate surface area is 91.0 Å². The van der Waals surface area contributed by atoms with E-state index in [1.165, 1.54) is 12.8 Å². The molecule has 0 spiro atoms. The van der Waals surface area contributed by atoms with E-state index in [0.29, 0.717) is 23.8 Å². The zero-order valence-electron chi connectivity index (χ0n) is 9.33. The summed E-state index contributed by atoms with van der Waals surface area (Å²) < 4.78 is 0. The number of piperidine rings is 1. The van der Waals surface area contributed by atoms with Crippen LogP contribution < -0.4 is 10.6 Å². The fraction of sp³-hybridized carbons (Fsp3) is 0.917. The molecule has 0 aromatic carbocycles. The van der Waals surface area contributed by atoms with Crippen molar-refractivity contribution in [1.29, 1.82) is 0 Å². The topological polar surface area (TPSA) is 41.1 Å². The fourth-order valence-corrected chi connectivity index (χ4v) is 3.44. The lowest BCUT2D eigenvalue weighted by molar-refractivity contribution is -0.126. The van der Waals surface area contributed by atoms with Crippen molar-refractivity contribution in [3.8, 4) is 0 Å². The minimum absolute atomic E-state index is 0.305. The van der Waals surface area contributed by atoms with E-state index in [4.69, 9.17) is 0 Å². The number of fused-ring (bicyclic) bond motifs is 1. The van der Waals surface area contributed by atoms with Gasteiger partial charge in [-0.2, -0.15) is 0 Å². The zero-order chi connectivity index (χ0) is 10.4. The van der Waals surface area contributed by atoms with Crippen LogP contribution in [0.3, 0.4) is 0 Å². The first-order valence-electron chi connectivity index (χ1n) is 6.28. The summed E-state index contributed by atoms with van der Waals surface area (Å²) in [5.41, 5.74) is 0. The molecule has 0 aromatic heterocycles. The van der Waals surface area contributed by atoms with Crippen LogP contribution in [0.25, 0.3) is 0 Å². The Morgan fingerprint density at radius 2 is 2.00 bits per heavy atom. The van der Waals surface area contributed by atoms with Gasteiger partial charge < -0.3 is 10.6 Å². The highest BCUT2D eigenvalue weighted by Crippen LogP contribution is 2.42. The first-order valence-corrected chi connectivity index (χ1v) is 6.28. The second-order valence-corrected chi connectivity index (χ2v) is 5.54. The van der Waals surface area contributed by atoms with Crippen molar-refractivity contribution < 1.29 is 4.79 Å². The van der Waals surface area contributed by atoms with Crippen molar-refractivity contribution in [1.82, 2.24) is 10.6 Å². The summed E-state index contributed by atoms with van der Waals surface area (Å²) in [6.07, 6.45) is 3.57. The Kier molecular flexibility index (Phi) is 2.23. The second-order valence-electron chi connectivity index (χ2n) is 5.54. The van der Waals surface area contributed by atoms with Gasteiger partial charge in [0, 0.05) is 25.0 Å². The van der Waals surface area contributed by atoms with Gasteiger partial charge in [-0.15, -0.1) is 0 Å². The minimum atomic E-state index is 0.305. The molecule has 2 saturated carbocycles. The van der Waals surface area contributed by atoms with E-state index >= 15 is 0 Å². The molecule has 1 saturated heterocycles. The minimum Gasteiger partial charge on any atom is -0.352 e. The maximum atomic E-state index is 12.0. The average Bonchev–Trinajstić information content (AvgIpc) is 2.66. The molecule has 84 valence electrons. The highest BCUT2D eigenvalue weighted by molar-refractivity contribution is 5.80. The van der Waals surface area contributed by atoms with Gasteiger partial charge in [-0.3, -0.25) is 4.79 Å². The number of hydrogen-bond donors (Lipinski definition) is 2. The van der Waals surface area contributed by atoms with Crippen LogP contribution in [-0.2, 0) is 4.79 Å². The Bertz CT molecular complexity index is 269. The smallest absolute Gasteiger partial charge is 0.223 e. The molecular formula is C12H20N2O. The van der Waals surface area contributed by atoms with Crippen molar-refractivity contribution in [3.05, 3.63) is 0 Å². The number of hydrogen-bond acceptors (Lipinski definition) is 2. The van der Waals surface area contributed by atoms with Gasteiger partial charge >= 0.3 is 0 Å². The SMILES string of the molecule is CC1CCCC1C(=O)NC1C2CNCC21. The Morgan fingerprint density at radius 3 is 2.60 bits per heavy atom. The summed E-state index contributed by atoms with van der Waals surface area (Å²) in [7, 11) is 0. The van der Waals surface area contributed by atoms with E-state index in [0.717, 1.165) is 31.3 Å². The monoisotopic (exact) mass is 208 g/mol. The number of nitrogens with one attached hydrogen (secondary N) is 2. The molecule has 2 aliphatic carbocycles. The van der Waals surface area contributed by atoms with E-state index < -0.39 is 0 Å². The lowest BCUT2D eigenvalue weighted by Gasteiger charge is -2.16. The van der Waals surface area contributed by atoms with Gasteiger partial charge in [-0.1, -0.05) is 13.3 Å². The second kappa shape index (κ2) is 3.48. The standard InChI is InChI=1S/C12H20N2O/c1-7-3-2-4-8(7)12(15)14-11-9-5-13-6-10(9)11/h7-11,13H,2-6H2,1H3,(H,14,15). The molecule has 0 bridgehead atoms. The summed E-state index contributed by atoms with van der Waals surface area (Å²) in [4.78, 5) is 12.0. The quantitative estimate of drug-likeness (QED) is 0.703. The Hall–Kier alpha value is -0.570. The maximum absolute atomic E-state index is 12.0. The molecule has 15 heavy (non-hydrogen) atoms. The van der Waals surface area contributed by atoms with Gasteiger partial charge in [-0.25, -0.2) is 0 Å². The van der Waals surface area contributed by atoms with Crippen LogP contribution in [0.2, 0.25) is 0 Å². The molecule has 1 amide bonds. The van der Waals surface area contributed by atoms with Crippen LogP contribution in [0.15, 0.2) is 0 Å². The van der Waals surface area contributed by atoms with Crippen LogP contribution in [0, 0.1) is 23.7 Å². The summed E-state index contributed by atoms with van der Waals surface area (Å²) >= 11 is 0. The number of carbonyl (C=O) groups is 1. The third-order valence-electron chi connectivity index (χ3n) is 4.60. The lowest BCUT2D eigenvalue weighted by atomic mass is 9.97. The highest BCUT2D eigenvalue weighted by Gasteiger charge is 2.54. The summed E-state index contributed by atoms with van der Waals surface area (Å²) in [5.74, 6) is 2.72. The molecular weight excluding hydrogens is 188 g/mol. The van der Waals surface area contributed by atoms with Crippen LogP contribution in [0.1, 0.15) is 26.2 Å². The molecule has 1 aliphatic heterocycles. The summed E-state index contributed by atoms with van der Waals surface area (Å²) in [6.45, 7) is 4.43. The molecule has 3 rings (SSSR count). The van der Waals surface area contributed by atoms with E-state index in [9.17, 15) is 4.79 Å². The highest BCUT2D eigenvalue weighted by atomic mass is 16.2. The lowest BCUT2D eigenvalue weighted by Crippen LogP contribution is -2.37. The van der Waals surface area contributed by atoms with Crippen LogP contribution in [0.4, 0.5) is 0 Å². The molecule has 3 nitrogen and oxygen atoms in total. The third kappa shape index (κ3) is 1.57. The van der Waals surface area contributed by atoms with Crippen LogP contribution in [0.5, 0.6) is 0 Å². The van der Waals surface area contributed by atoms with Gasteiger partial charge in [-0.05, 0) is 30.6 Å². The van der Waals surface area contributed by atoms with Crippen LogP contribution in [-0.4, -0.2) is 25.0 Å². The van der Waals surface area contributed by atoms with E-state index in [2.05, 4.69) is 17.6 Å². The van der Waals surface area contributed by atoms with Gasteiger partial charge in [0.25, 0.3) is 0 Å². The van der Waals surface area contributed by atoms with Gasteiger partial charge in [0.15, 0.2) is 0 Å². The Morgan fingerprint density at radius 1 is 1.27 bits per heavy atom. The van der Waals surface area contributed by atoms with E-state index in [-0.39, 0.29) is 0 Å². The number of carbonyl (C=O) groups excluding carboxylic acids is 1. The van der Waals surface area contributed by atoms with Crippen molar-refractivity contribution in [2.45, 2.75) is 32.2 Å². The largest absolute Gasteiger partial charge is 0.352 e. The molecule has 4 unspecified atom stereocenters. The molecule has 1 heterocycles. The molecule has 2 N–H and O–H groups in total. The first-order chi connectivity index (χ1) is 7.27. The Balaban J connectivity index is 1.53. The number of rotatable bonds is 2. The molecule has 0 aromatic rings. The molecule has 3 fully saturated rings. The van der Waals surface area contributed by atoms with E-state index in [1.807, 2.05) is 0 Å². The predicted molar refractivity (Wildman–Crippen MR) is 58.3 cm³/mol. The molecule has 3 heteroatoms. The first kappa shape index (κ1) is 9.64. The fourth-order valence-electron chi connectivity index (χ4n) is 3.44. The molecule has 0 radical (unpaired) electrons. The number of amides is 1. The normalized spacial score (nSPS) is 47.7. The van der Waals surface area contributed by atoms with Gasteiger partial charge in [0.1, 0.15) is 0 Å². The van der Waals surface area contributed by atoms with E-state index in [1.54, 1.807) is 0 Å². The van der Waals surface area contributed by atoms with Gasteiger partial charge in [0.2, 0.25) is 5.91 Å². The van der Waals surface area contributed by atoms with Crippen molar-refractivity contribution in [2.75, 3.05) is 13.1 Å². The average molecular weight is 208 g/mol. The summed E-state index contributed by atoms with van der Waals surface area (Å²) in [6, 6.07) is 0.506. The molecule has 3 aliphatic rings. The van der Waals surface area contributed by atoms with Crippen molar-refractivity contribution in [2.24, 2.45) is 23.7 Å². The summed E-state index contributed by atoms with van der Waals surface area (Å²) in [5, 5.41) is 6.60. The van der Waals surface area contributed by atoms with Crippen LogP contribution >= 0.6 is 0 Å². The third-order valence-corrected chi connectivity index (χ3v) is 4.60. The zero-order valence-corrected chi connectivity index (χ0v) is 9.33. The maximum Gasteiger partial charge on any atom is 0.223 e.